The molecular formula is C50H92N2O6S2. The first-order valence-electron chi connectivity index (χ1n) is 24.4. The summed E-state index contributed by atoms with van der Waals surface area (Å²) in [5.41, 5.74) is 0. The summed E-state index contributed by atoms with van der Waals surface area (Å²) < 4.78 is 55.6. The van der Waals surface area contributed by atoms with Gasteiger partial charge in [-0.2, -0.15) is 0 Å². The quantitative estimate of drug-likeness (QED) is 0.0447. The summed E-state index contributed by atoms with van der Waals surface area (Å²) >= 11 is 0. The Morgan fingerprint density at radius 1 is 0.450 bits per heavy atom. The number of carbonyl (C=O) groups is 1. The maximum Gasteiger partial charge on any atom is 0.410 e. The van der Waals surface area contributed by atoms with E-state index in [1.54, 1.807) is 4.90 Å². The van der Waals surface area contributed by atoms with Crippen LogP contribution in [0.3, 0.4) is 0 Å². The second kappa shape index (κ2) is 40.9. The van der Waals surface area contributed by atoms with Crippen LogP contribution in [0.25, 0.3) is 0 Å². The van der Waals surface area contributed by atoms with Crippen LogP contribution in [0.5, 0.6) is 0 Å². The van der Waals surface area contributed by atoms with E-state index in [1.165, 1.54) is 103 Å². The van der Waals surface area contributed by atoms with Crippen LogP contribution in [0.2, 0.25) is 0 Å². The highest BCUT2D eigenvalue weighted by molar-refractivity contribution is 8.03. The Balaban J connectivity index is 5.06. The summed E-state index contributed by atoms with van der Waals surface area (Å²) in [6, 6.07) is 0. The van der Waals surface area contributed by atoms with E-state index in [9.17, 15) is 21.6 Å². The lowest BCUT2D eigenvalue weighted by atomic mass is 10.0. The van der Waals surface area contributed by atoms with Gasteiger partial charge in [-0.25, -0.2) is 21.6 Å². The van der Waals surface area contributed by atoms with Crippen LogP contribution < -0.4 is 0 Å². The van der Waals surface area contributed by atoms with Gasteiger partial charge < -0.3 is 9.64 Å². The summed E-state index contributed by atoms with van der Waals surface area (Å²) in [5, 5.41) is 0. The summed E-state index contributed by atoms with van der Waals surface area (Å²) in [6.45, 7) is 7.05. The van der Waals surface area contributed by atoms with Crippen LogP contribution >= 0.6 is 0 Å². The fourth-order valence-electron chi connectivity index (χ4n) is 7.15. The highest BCUT2D eigenvalue weighted by Crippen LogP contribution is 2.19. The molecule has 0 rings (SSSR count). The van der Waals surface area contributed by atoms with Gasteiger partial charge >= 0.3 is 6.09 Å². The molecule has 0 bridgehead atoms. The average molecular weight is 881 g/mol. The first kappa shape index (κ1) is 57.8. The molecule has 0 aromatic rings. The summed E-state index contributed by atoms with van der Waals surface area (Å²) in [5.74, 6) is 0. The molecule has 350 valence electrons. The second-order valence-corrected chi connectivity index (χ2v) is 20.7. The van der Waals surface area contributed by atoms with Crippen LogP contribution in [0.15, 0.2) is 60.8 Å². The summed E-state index contributed by atoms with van der Waals surface area (Å²) in [7, 11) is -7.91. The molecule has 60 heavy (non-hydrogen) atoms. The molecule has 1 atom stereocenters. The Labute approximate surface area is 371 Å². The number of unbranched alkanes of at least 4 members (excludes halogenated alkanes) is 19. The molecule has 0 aliphatic carbocycles. The zero-order valence-corrected chi connectivity index (χ0v) is 41.0. The molecule has 0 heterocycles. The average Bonchev–Trinajstić information content (AvgIpc) is 3.19. The van der Waals surface area contributed by atoms with Crippen LogP contribution in [0.4, 0.5) is 4.79 Å². The summed E-state index contributed by atoms with van der Waals surface area (Å²) in [4.78, 5) is 15.3. The molecular weight excluding hydrogens is 789 g/mol. The minimum atomic E-state index is -3.96. The van der Waals surface area contributed by atoms with Crippen molar-refractivity contribution in [1.29, 1.82) is 0 Å². The van der Waals surface area contributed by atoms with Gasteiger partial charge in [0.05, 0.1) is 12.5 Å². The number of allylic oxidation sites excluding steroid dienone is 10. The lowest BCUT2D eigenvalue weighted by Gasteiger charge is -2.27. The van der Waals surface area contributed by atoms with Gasteiger partial charge in [0.2, 0.25) is 20.0 Å². The van der Waals surface area contributed by atoms with Gasteiger partial charge in [-0.3, -0.25) is 0 Å². The smallest absolute Gasteiger partial charge is 0.410 e. The molecule has 0 radical (unpaired) electrons. The number of ether oxygens (including phenoxy) is 1. The minimum Gasteiger partial charge on any atom is -0.446 e. The molecule has 0 spiro atoms. The van der Waals surface area contributed by atoms with E-state index in [-0.39, 0.29) is 31.7 Å². The van der Waals surface area contributed by atoms with Gasteiger partial charge in [0, 0.05) is 19.6 Å². The Morgan fingerprint density at radius 3 is 1.23 bits per heavy atom. The third-order valence-electron chi connectivity index (χ3n) is 10.7. The van der Waals surface area contributed by atoms with E-state index in [0.29, 0.717) is 10.3 Å². The topological polar surface area (TPSA) is 101 Å². The predicted octanol–water partition coefficient (Wildman–Crippen LogP) is 14.6. The van der Waals surface area contributed by atoms with Crippen LogP contribution in [-0.4, -0.2) is 69.8 Å². The Kier molecular flexibility index (Phi) is 39.4. The van der Waals surface area contributed by atoms with E-state index < -0.39 is 20.0 Å². The van der Waals surface area contributed by atoms with Crippen LogP contribution in [0, 0.1) is 0 Å². The third kappa shape index (κ3) is 37.6. The van der Waals surface area contributed by atoms with Crippen molar-refractivity contribution in [1.82, 2.24) is 8.61 Å². The third-order valence-corrected chi connectivity index (χ3v) is 14.2. The fourth-order valence-corrected chi connectivity index (χ4v) is 10.0. The highest BCUT2D eigenvalue weighted by atomic mass is 32.3. The standard InChI is InChI=1S/C50H92N2O6S2/c1-6-9-12-15-17-19-21-23-25-26-28-30-32-34-36-38-41-45-49(44-40-37-35-33-31-29-27-24-22-20-18-16-13-10-7-2)58-50(53)51(46-42-39-14-11-8-3)47-43-48-52(59(4,54)55)60(5,56)57/h11,14,17-20,23-25,27,49H,6-10,12-13,15-16,21-22,26,28-48H2,1-5H3/b14-11-,19-17?,20-18?,25-23?,27-24?. The van der Waals surface area contributed by atoms with Gasteiger partial charge in [0.1, 0.15) is 6.10 Å². The molecule has 0 N–H and O–H groups in total. The number of nitrogens with zero attached hydrogens (tertiary/aromatic N) is 2. The zero-order chi connectivity index (χ0) is 44.4. The van der Waals surface area contributed by atoms with Gasteiger partial charge in [0.25, 0.3) is 0 Å². The highest BCUT2D eigenvalue weighted by Gasteiger charge is 2.27. The SMILES string of the molecule is CC/C=C\CCCN(CCCN(S(C)(=O)=O)S(C)(=O)=O)C(=O)OC(CCCCCCCC=CCC=CCCCCC)CCCCCCCCCC=CCC=CCCCCC. The van der Waals surface area contributed by atoms with E-state index in [1.807, 2.05) is 0 Å². The van der Waals surface area contributed by atoms with Crippen LogP contribution in [0.1, 0.15) is 213 Å². The van der Waals surface area contributed by atoms with E-state index in [4.69, 9.17) is 4.74 Å². The predicted molar refractivity (Wildman–Crippen MR) is 259 cm³/mol. The van der Waals surface area contributed by atoms with Crippen molar-refractivity contribution in [3.63, 3.8) is 0 Å². The van der Waals surface area contributed by atoms with E-state index in [2.05, 4.69) is 81.5 Å². The molecule has 0 aliphatic heterocycles. The molecule has 0 fully saturated rings. The molecule has 0 saturated heterocycles. The van der Waals surface area contributed by atoms with E-state index >= 15 is 0 Å². The second-order valence-electron chi connectivity index (χ2n) is 16.6. The van der Waals surface area contributed by atoms with Gasteiger partial charge in [-0.05, 0) is 116 Å². The van der Waals surface area contributed by atoms with Crippen molar-refractivity contribution in [2.24, 2.45) is 0 Å². The maximum absolute atomic E-state index is 13.7. The van der Waals surface area contributed by atoms with Crippen molar-refractivity contribution in [3.8, 4) is 0 Å². The first-order valence-corrected chi connectivity index (χ1v) is 28.0. The number of hydrogen-bond donors (Lipinski definition) is 0. The lowest BCUT2D eigenvalue weighted by Crippen LogP contribution is -2.40. The van der Waals surface area contributed by atoms with Crippen LogP contribution in [-0.2, 0) is 24.8 Å². The molecule has 10 heteroatoms. The number of rotatable bonds is 42. The van der Waals surface area contributed by atoms with Crippen molar-refractivity contribution in [2.45, 2.75) is 219 Å². The van der Waals surface area contributed by atoms with Crippen molar-refractivity contribution in [2.75, 3.05) is 32.1 Å². The number of hydrogen-bond acceptors (Lipinski definition) is 6. The molecule has 0 aromatic heterocycles. The monoisotopic (exact) mass is 881 g/mol. The fraction of sp³-hybridized carbons (Fsp3) is 0.780. The normalized spacial score (nSPS) is 13.4. The maximum atomic E-state index is 13.7. The molecule has 1 amide bonds. The number of sulfonamides is 2. The minimum absolute atomic E-state index is 0.167. The zero-order valence-electron chi connectivity index (χ0n) is 39.3. The number of amides is 1. The number of carbonyl (C=O) groups excluding carboxylic acids is 1. The van der Waals surface area contributed by atoms with Crippen molar-refractivity contribution < 1.29 is 26.4 Å². The first-order chi connectivity index (χ1) is 29.0. The molecule has 8 nitrogen and oxygen atoms in total. The van der Waals surface area contributed by atoms with E-state index in [0.717, 1.165) is 96.0 Å². The lowest BCUT2D eigenvalue weighted by molar-refractivity contribution is 0.0519. The molecule has 1 unspecified atom stereocenters. The molecule has 0 aromatic carbocycles. The molecule has 0 aliphatic rings. The Hall–Kier alpha value is -2.17. The van der Waals surface area contributed by atoms with Gasteiger partial charge in [0.15, 0.2) is 0 Å². The Bertz CT molecular complexity index is 1340. The molecule has 0 saturated carbocycles. The van der Waals surface area contributed by atoms with Gasteiger partial charge in [-0.1, -0.05) is 162 Å². The largest absolute Gasteiger partial charge is 0.446 e. The summed E-state index contributed by atoms with van der Waals surface area (Å²) in [6.07, 6.45) is 56.8. The van der Waals surface area contributed by atoms with Crippen molar-refractivity contribution in [3.05, 3.63) is 60.8 Å². The van der Waals surface area contributed by atoms with Gasteiger partial charge in [-0.15, -0.1) is 0 Å². The van der Waals surface area contributed by atoms with Crippen molar-refractivity contribution >= 4 is 26.1 Å². The Morgan fingerprint density at radius 2 is 0.817 bits per heavy atom.